The van der Waals surface area contributed by atoms with Gasteiger partial charge in [-0.05, 0) is 18.6 Å². The molecular weight excluding hydrogens is 208 g/mol. The highest BCUT2D eigenvalue weighted by Gasteiger charge is 2.21. The molecule has 0 atom stereocenters. The molecule has 1 aromatic carbocycles. The van der Waals surface area contributed by atoms with Crippen LogP contribution < -0.4 is 9.47 Å². The molecular formula is C12H14O4. The number of aromatic hydroxyl groups is 1. The van der Waals surface area contributed by atoms with Gasteiger partial charge in [0.25, 0.3) is 0 Å². The van der Waals surface area contributed by atoms with Crippen molar-refractivity contribution in [2.75, 3.05) is 13.2 Å². The minimum absolute atomic E-state index is 0.0722. The molecule has 16 heavy (non-hydrogen) atoms. The largest absolute Gasteiger partial charge is 0.504 e. The highest BCUT2D eigenvalue weighted by molar-refractivity contribution is 5.99. The lowest BCUT2D eigenvalue weighted by Gasteiger charge is -2.20. The maximum Gasteiger partial charge on any atom is 0.204 e. The molecule has 1 aliphatic heterocycles. The van der Waals surface area contributed by atoms with Gasteiger partial charge in [0.1, 0.15) is 13.2 Å². The van der Waals surface area contributed by atoms with Crippen LogP contribution in [0.15, 0.2) is 12.1 Å². The zero-order valence-corrected chi connectivity index (χ0v) is 9.16. The van der Waals surface area contributed by atoms with Crippen LogP contribution in [0.5, 0.6) is 17.2 Å². The number of phenolic OH excluding ortho intramolecular Hbond substituents is 1. The van der Waals surface area contributed by atoms with Gasteiger partial charge in [0, 0.05) is 6.42 Å². The Hall–Kier alpha value is -1.71. The molecule has 4 nitrogen and oxygen atoms in total. The summed E-state index contributed by atoms with van der Waals surface area (Å²) in [6.07, 6.45) is 1.18. The van der Waals surface area contributed by atoms with Crippen LogP contribution in [0.1, 0.15) is 30.1 Å². The Kier molecular flexibility index (Phi) is 2.99. The fraction of sp³-hybridized carbons (Fsp3) is 0.417. The maximum atomic E-state index is 11.7. The summed E-state index contributed by atoms with van der Waals surface area (Å²) in [4.78, 5) is 11.7. The molecule has 0 fully saturated rings. The predicted octanol–water partition coefficient (Wildman–Crippen LogP) is 2.15. The summed E-state index contributed by atoms with van der Waals surface area (Å²) in [5, 5.41) is 9.91. The lowest BCUT2D eigenvalue weighted by atomic mass is 10.0. The fourth-order valence-corrected chi connectivity index (χ4v) is 1.69. The van der Waals surface area contributed by atoms with E-state index in [0.29, 0.717) is 30.9 Å². The third-order valence-electron chi connectivity index (χ3n) is 2.46. The fourth-order valence-electron chi connectivity index (χ4n) is 1.69. The second kappa shape index (κ2) is 4.43. The average Bonchev–Trinajstić information content (AvgIpc) is 2.30. The number of hydrogen-bond acceptors (Lipinski definition) is 4. The van der Waals surface area contributed by atoms with Gasteiger partial charge in [-0.25, -0.2) is 0 Å². The van der Waals surface area contributed by atoms with Gasteiger partial charge >= 0.3 is 0 Å². The predicted molar refractivity (Wildman–Crippen MR) is 58.3 cm³/mol. The van der Waals surface area contributed by atoms with Gasteiger partial charge in [-0.3, -0.25) is 4.79 Å². The summed E-state index contributed by atoms with van der Waals surface area (Å²) in [6.45, 7) is 2.79. The molecule has 0 saturated heterocycles. The number of carbonyl (C=O) groups excluding carboxylic acids is 1. The van der Waals surface area contributed by atoms with Gasteiger partial charge < -0.3 is 14.6 Å². The highest BCUT2D eigenvalue weighted by atomic mass is 16.6. The first-order chi connectivity index (χ1) is 7.74. The number of ketones is 1. The smallest absolute Gasteiger partial charge is 0.204 e. The number of hydrogen-bond donors (Lipinski definition) is 1. The second-order valence-corrected chi connectivity index (χ2v) is 3.66. The normalized spacial score (nSPS) is 13.6. The van der Waals surface area contributed by atoms with E-state index in [2.05, 4.69) is 0 Å². The average molecular weight is 222 g/mol. The number of rotatable bonds is 3. The van der Waals surface area contributed by atoms with Crippen molar-refractivity contribution in [3.05, 3.63) is 17.7 Å². The number of benzene rings is 1. The Morgan fingerprint density at radius 1 is 1.38 bits per heavy atom. The first-order valence-electron chi connectivity index (χ1n) is 5.38. The second-order valence-electron chi connectivity index (χ2n) is 3.66. The van der Waals surface area contributed by atoms with E-state index in [9.17, 15) is 9.90 Å². The van der Waals surface area contributed by atoms with Crippen LogP contribution in [0.2, 0.25) is 0 Å². The Labute approximate surface area is 93.8 Å². The van der Waals surface area contributed by atoms with Gasteiger partial charge in [0.15, 0.2) is 17.3 Å². The third kappa shape index (κ3) is 1.83. The number of fused-ring (bicyclic) bond motifs is 1. The zero-order valence-electron chi connectivity index (χ0n) is 9.16. The Bertz CT molecular complexity index is 412. The minimum Gasteiger partial charge on any atom is -0.504 e. The van der Waals surface area contributed by atoms with Crippen LogP contribution >= 0.6 is 0 Å². The van der Waals surface area contributed by atoms with E-state index in [-0.39, 0.29) is 17.3 Å². The Morgan fingerprint density at radius 2 is 2.12 bits per heavy atom. The van der Waals surface area contributed by atoms with Gasteiger partial charge in [0.05, 0.1) is 5.56 Å². The summed E-state index contributed by atoms with van der Waals surface area (Å²) in [7, 11) is 0. The van der Waals surface area contributed by atoms with Crippen LogP contribution in [-0.2, 0) is 0 Å². The van der Waals surface area contributed by atoms with E-state index in [4.69, 9.17) is 9.47 Å². The van der Waals surface area contributed by atoms with E-state index in [1.165, 1.54) is 0 Å². The molecule has 0 bridgehead atoms. The van der Waals surface area contributed by atoms with Crippen LogP contribution in [0.3, 0.4) is 0 Å². The number of phenols is 1. The molecule has 0 aliphatic carbocycles. The number of carbonyl (C=O) groups is 1. The molecule has 1 aliphatic rings. The van der Waals surface area contributed by atoms with Crippen molar-refractivity contribution in [1.82, 2.24) is 0 Å². The summed E-state index contributed by atoms with van der Waals surface area (Å²) < 4.78 is 10.6. The molecule has 86 valence electrons. The van der Waals surface area contributed by atoms with Crippen LogP contribution in [0.4, 0.5) is 0 Å². The molecule has 1 aromatic rings. The Balaban J connectivity index is 2.37. The van der Waals surface area contributed by atoms with E-state index in [1.54, 1.807) is 12.1 Å². The standard InChI is InChI=1S/C12H14O4/c1-2-3-9(13)8-4-5-10-12(11(8)14)16-7-6-15-10/h4-5,14H,2-3,6-7H2,1H3. The summed E-state index contributed by atoms with van der Waals surface area (Å²) in [5.41, 5.74) is 0.311. The van der Waals surface area contributed by atoms with E-state index >= 15 is 0 Å². The first kappa shape index (κ1) is 10.8. The van der Waals surface area contributed by atoms with Crippen molar-refractivity contribution >= 4 is 5.78 Å². The molecule has 0 radical (unpaired) electrons. The number of Topliss-reactive ketones (excluding diaryl/α,β-unsaturated/α-hetero) is 1. The molecule has 1 heterocycles. The van der Waals surface area contributed by atoms with Crippen LogP contribution in [0, 0.1) is 0 Å². The van der Waals surface area contributed by atoms with Crippen molar-refractivity contribution in [2.24, 2.45) is 0 Å². The molecule has 0 saturated carbocycles. The minimum atomic E-state index is -0.101. The van der Waals surface area contributed by atoms with Gasteiger partial charge in [-0.1, -0.05) is 6.92 Å². The summed E-state index contributed by atoms with van der Waals surface area (Å²) >= 11 is 0. The molecule has 4 heteroatoms. The zero-order chi connectivity index (χ0) is 11.5. The van der Waals surface area contributed by atoms with Gasteiger partial charge in [-0.15, -0.1) is 0 Å². The first-order valence-corrected chi connectivity index (χ1v) is 5.38. The van der Waals surface area contributed by atoms with Crippen molar-refractivity contribution in [3.8, 4) is 17.2 Å². The third-order valence-corrected chi connectivity index (χ3v) is 2.46. The van der Waals surface area contributed by atoms with E-state index in [1.807, 2.05) is 6.92 Å². The van der Waals surface area contributed by atoms with Gasteiger partial charge in [0.2, 0.25) is 5.75 Å². The maximum absolute atomic E-state index is 11.7. The Morgan fingerprint density at radius 3 is 2.88 bits per heavy atom. The molecule has 0 aromatic heterocycles. The molecule has 2 rings (SSSR count). The van der Waals surface area contributed by atoms with Crippen molar-refractivity contribution in [3.63, 3.8) is 0 Å². The van der Waals surface area contributed by atoms with Crippen LogP contribution in [-0.4, -0.2) is 24.1 Å². The van der Waals surface area contributed by atoms with Crippen molar-refractivity contribution in [1.29, 1.82) is 0 Å². The highest BCUT2D eigenvalue weighted by Crippen LogP contribution is 2.41. The summed E-state index contributed by atoms with van der Waals surface area (Å²) in [5.74, 6) is 0.609. The SMILES string of the molecule is CCCC(=O)c1ccc2c(c1O)OCCO2. The molecule has 0 spiro atoms. The summed E-state index contributed by atoms with van der Waals surface area (Å²) in [6, 6.07) is 3.25. The molecule has 1 N–H and O–H groups in total. The molecule has 0 unspecified atom stereocenters. The van der Waals surface area contributed by atoms with E-state index in [0.717, 1.165) is 6.42 Å². The van der Waals surface area contributed by atoms with Crippen molar-refractivity contribution < 1.29 is 19.4 Å². The quantitative estimate of drug-likeness (QED) is 0.796. The monoisotopic (exact) mass is 222 g/mol. The lowest BCUT2D eigenvalue weighted by Crippen LogP contribution is -2.16. The molecule has 0 amide bonds. The topological polar surface area (TPSA) is 55.8 Å². The van der Waals surface area contributed by atoms with Crippen LogP contribution in [0.25, 0.3) is 0 Å². The lowest BCUT2D eigenvalue weighted by molar-refractivity contribution is 0.0977. The van der Waals surface area contributed by atoms with Gasteiger partial charge in [-0.2, -0.15) is 0 Å². The number of ether oxygens (including phenoxy) is 2. The van der Waals surface area contributed by atoms with Crippen molar-refractivity contribution in [2.45, 2.75) is 19.8 Å². The van der Waals surface area contributed by atoms with E-state index < -0.39 is 0 Å².